The summed E-state index contributed by atoms with van der Waals surface area (Å²) in [7, 11) is 0. The third-order valence-electron chi connectivity index (χ3n) is 2.32. The molecular formula is C8H10O4. The average Bonchev–Trinajstić information content (AvgIpc) is 2.58. The summed E-state index contributed by atoms with van der Waals surface area (Å²) in [6.45, 7) is 0.697. The Kier molecular flexibility index (Phi) is 1.84. The minimum atomic E-state index is -0.416. The summed E-state index contributed by atoms with van der Waals surface area (Å²) in [4.78, 5) is 21.8. The smallest absolute Gasteiger partial charge is 0.319 e. The van der Waals surface area contributed by atoms with E-state index in [-0.39, 0.29) is 18.4 Å². The van der Waals surface area contributed by atoms with E-state index in [0.717, 1.165) is 12.8 Å². The molecule has 0 aliphatic carbocycles. The molecule has 0 aromatic rings. The summed E-state index contributed by atoms with van der Waals surface area (Å²) < 4.78 is 9.73. The van der Waals surface area contributed by atoms with Gasteiger partial charge >= 0.3 is 11.9 Å². The number of carbonyl (C=O) groups excluding carboxylic acids is 2. The van der Waals surface area contributed by atoms with Crippen LogP contribution in [0.25, 0.3) is 0 Å². The zero-order chi connectivity index (χ0) is 8.55. The van der Waals surface area contributed by atoms with Crippen molar-refractivity contribution < 1.29 is 19.1 Å². The van der Waals surface area contributed by atoms with Crippen molar-refractivity contribution in [3.05, 3.63) is 0 Å². The maximum atomic E-state index is 11.0. The lowest BCUT2D eigenvalue weighted by Gasteiger charge is -2.11. The largest absolute Gasteiger partial charge is 0.393 e. The minimum absolute atomic E-state index is 0.0797. The number of carbonyl (C=O) groups is 2. The van der Waals surface area contributed by atoms with Gasteiger partial charge in [-0.1, -0.05) is 0 Å². The average molecular weight is 170 g/mol. The topological polar surface area (TPSA) is 52.6 Å². The summed E-state index contributed by atoms with van der Waals surface area (Å²) in [5.41, 5.74) is 0. The highest BCUT2D eigenvalue weighted by molar-refractivity contribution is 5.94. The molecule has 0 aromatic carbocycles. The molecule has 0 amide bonds. The van der Waals surface area contributed by atoms with E-state index in [9.17, 15) is 9.59 Å². The Bertz CT molecular complexity index is 217. The first-order valence-electron chi connectivity index (χ1n) is 4.13. The van der Waals surface area contributed by atoms with Gasteiger partial charge in [0.15, 0.2) is 0 Å². The van der Waals surface area contributed by atoms with Crippen LogP contribution in [0.3, 0.4) is 0 Å². The number of ether oxygens (including phenoxy) is 2. The second-order valence-electron chi connectivity index (χ2n) is 3.16. The Labute approximate surface area is 69.8 Å². The van der Waals surface area contributed by atoms with Gasteiger partial charge < -0.3 is 9.47 Å². The van der Waals surface area contributed by atoms with E-state index in [1.165, 1.54) is 0 Å². The number of cyclic esters (lactones) is 2. The molecule has 2 rings (SSSR count). The van der Waals surface area contributed by atoms with Crippen LogP contribution < -0.4 is 0 Å². The summed E-state index contributed by atoms with van der Waals surface area (Å²) in [5, 5.41) is 0. The summed E-state index contributed by atoms with van der Waals surface area (Å²) >= 11 is 0. The Morgan fingerprint density at radius 1 is 1.33 bits per heavy atom. The predicted molar refractivity (Wildman–Crippen MR) is 38.2 cm³/mol. The van der Waals surface area contributed by atoms with Crippen molar-refractivity contribution in [2.45, 2.75) is 25.4 Å². The van der Waals surface area contributed by atoms with E-state index < -0.39 is 11.9 Å². The fourth-order valence-corrected chi connectivity index (χ4v) is 1.70. The molecule has 12 heavy (non-hydrogen) atoms. The molecular weight excluding hydrogens is 160 g/mol. The zero-order valence-electron chi connectivity index (χ0n) is 6.62. The molecule has 2 aliphatic rings. The molecule has 0 radical (unpaired) electrons. The van der Waals surface area contributed by atoms with Gasteiger partial charge in [-0.3, -0.25) is 9.59 Å². The summed E-state index contributed by atoms with van der Waals surface area (Å²) in [6.07, 6.45) is 1.96. The van der Waals surface area contributed by atoms with Crippen LogP contribution in [0.15, 0.2) is 0 Å². The van der Waals surface area contributed by atoms with Crippen molar-refractivity contribution >= 4 is 11.9 Å². The molecule has 0 unspecified atom stereocenters. The van der Waals surface area contributed by atoms with Crippen LogP contribution >= 0.6 is 0 Å². The highest BCUT2D eigenvalue weighted by Crippen LogP contribution is 2.28. The monoisotopic (exact) mass is 170 g/mol. The first kappa shape index (κ1) is 7.73. The van der Waals surface area contributed by atoms with Gasteiger partial charge in [0, 0.05) is 6.61 Å². The lowest BCUT2D eigenvalue weighted by molar-refractivity contribution is -0.154. The van der Waals surface area contributed by atoms with Crippen LogP contribution in [0.5, 0.6) is 0 Å². The number of hydrogen-bond donors (Lipinski definition) is 0. The quantitative estimate of drug-likeness (QED) is 0.418. The van der Waals surface area contributed by atoms with Crippen LogP contribution in [-0.2, 0) is 19.1 Å². The number of esters is 2. The number of rotatable bonds is 1. The van der Waals surface area contributed by atoms with Crippen LogP contribution in [0.1, 0.15) is 19.3 Å². The van der Waals surface area contributed by atoms with Gasteiger partial charge in [-0.25, -0.2) is 0 Å². The third-order valence-corrected chi connectivity index (χ3v) is 2.32. The summed E-state index contributed by atoms with van der Waals surface area (Å²) in [6, 6.07) is 0. The highest BCUT2D eigenvalue weighted by Gasteiger charge is 2.40. The molecule has 0 bridgehead atoms. The van der Waals surface area contributed by atoms with Gasteiger partial charge in [0.05, 0.1) is 18.4 Å². The molecule has 2 atom stereocenters. The van der Waals surface area contributed by atoms with Crippen molar-refractivity contribution in [3.63, 3.8) is 0 Å². The summed E-state index contributed by atoms with van der Waals surface area (Å²) in [5.74, 6) is -1.16. The van der Waals surface area contributed by atoms with Crippen molar-refractivity contribution in [1.29, 1.82) is 0 Å². The van der Waals surface area contributed by atoms with Crippen molar-refractivity contribution in [1.82, 2.24) is 0 Å². The van der Waals surface area contributed by atoms with Gasteiger partial charge in [-0.2, -0.15) is 0 Å². The van der Waals surface area contributed by atoms with E-state index in [1.807, 2.05) is 0 Å². The molecule has 4 nitrogen and oxygen atoms in total. The van der Waals surface area contributed by atoms with Crippen LogP contribution in [0.2, 0.25) is 0 Å². The first-order chi connectivity index (χ1) is 5.77. The third kappa shape index (κ3) is 1.22. The Balaban J connectivity index is 2.03. The van der Waals surface area contributed by atoms with Gasteiger partial charge in [0.25, 0.3) is 0 Å². The predicted octanol–water partition coefficient (Wildman–Crippen LogP) is 0.255. The van der Waals surface area contributed by atoms with Gasteiger partial charge in [0.1, 0.15) is 0 Å². The van der Waals surface area contributed by atoms with E-state index in [0.29, 0.717) is 6.61 Å². The Morgan fingerprint density at radius 3 is 2.67 bits per heavy atom. The van der Waals surface area contributed by atoms with Crippen molar-refractivity contribution in [3.8, 4) is 0 Å². The van der Waals surface area contributed by atoms with Gasteiger partial charge in [-0.05, 0) is 12.8 Å². The molecule has 66 valence electrons. The van der Waals surface area contributed by atoms with E-state index in [4.69, 9.17) is 4.74 Å². The first-order valence-corrected chi connectivity index (χ1v) is 4.13. The van der Waals surface area contributed by atoms with Crippen LogP contribution in [-0.4, -0.2) is 24.6 Å². The SMILES string of the molecule is O=C1C[C@@H]([C@@H]2CCCO2)C(=O)O1. The number of hydrogen-bond acceptors (Lipinski definition) is 4. The van der Waals surface area contributed by atoms with Crippen molar-refractivity contribution in [2.75, 3.05) is 6.61 Å². The minimum Gasteiger partial charge on any atom is -0.393 e. The lowest BCUT2D eigenvalue weighted by Crippen LogP contribution is -2.23. The maximum absolute atomic E-state index is 11.0. The van der Waals surface area contributed by atoms with E-state index >= 15 is 0 Å². The molecule has 2 aliphatic heterocycles. The fraction of sp³-hybridized carbons (Fsp3) is 0.750. The van der Waals surface area contributed by atoms with Gasteiger partial charge in [0.2, 0.25) is 0 Å². The molecule has 4 heteroatoms. The molecule has 2 saturated heterocycles. The van der Waals surface area contributed by atoms with Crippen LogP contribution in [0, 0.1) is 5.92 Å². The molecule has 0 spiro atoms. The van der Waals surface area contributed by atoms with Crippen LogP contribution in [0.4, 0.5) is 0 Å². The maximum Gasteiger partial charge on any atom is 0.319 e. The standard InChI is InChI=1S/C8H10O4/c9-7-4-5(8(10)12-7)6-2-1-3-11-6/h5-6H,1-4H2/t5-,6-/m0/s1. The lowest BCUT2D eigenvalue weighted by atomic mass is 9.99. The molecule has 0 saturated carbocycles. The van der Waals surface area contributed by atoms with E-state index in [2.05, 4.69) is 4.74 Å². The fourth-order valence-electron chi connectivity index (χ4n) is 1.70. The van der Waals surface area contributed by atoms with E-state index in [1.54, 1.807) is 0 Å². The highest BCUT2D eigenvalue weighted by atomic mass is 16.6. The van der Waals surface area contributed by atoms with Gasteiger partial charge in [-0.15, -0.1) is 0 Å². The zero-order valence-corrected chi connectivity index (χ0v) is 6.62. The molecule has 0 N–H and O–H groups in total. The van der Waals surface area contributed by atoms with Crippen molar-refractivity contribution in [2.24, 2.45) is 5.92 Å². The normalized spacial score (nSPS) is 35.7. The molecule has 2 heterocycles. The Hall–Kier alpha value is -0.900. The second kappa shape index (κ2) is 2.86. The molecule has 0 aromatic heterocycles. The second-order valence-corrected chi connectivity index (χ2v) is 3.16. The molecule has 2 fully saturated rings. The Morgan fingerprint density at radius 2 is 2.17 bits per heavy atom.